The molecule has 0 aliphatic rings. The second kappa shape index (κ2) is 8.34. The number of sulfonamides is 1. The summed E-state index contributed by atoms with van der Waals surface area (Å²) in [7, 11) is -3.85. The number of carbonyl (C=O) groups excluding carboxylic acids is 1. The van der Waals surface area contributed by atoms with E-state index in [-0.39, 0.29) is 23.1 Å². The van der Waals surface area contributed by atoms with Crippen LogP contribution in [0.15, 0.2) is 72.1 Å². The summed E-state index contributed by atoms with van der Waals surface area (Å²) in [6.07, 6.45) is 5.24. The lowest BCUT2D eigenvalue weighted by Crippen LogP contribution is -2.37. The molecule has 2 heterocycles. The molecule has 0 saturated carbocycles. The molecular formula is C17H15N5O4S. The Labute approximate surface area is 155 Å². The molecule has 27 heavy (non-hydrogen) atoms. The maximum Gasteiger partial charge on any atom is 0.272 e. The van der Waals surface area contributed by atoms with Gasteiger partial charge in [0.1, 0.15) is 16.3 Å². The average Bonchev–Trinajstić information content (AvgIpc) is 2.70. The van der Waals surface area contributed by atoms with Crippen molar-refractivity contribution in [1.29, 1.82) is 0 Å². The molecule has 2 aromatic heterocycles. The molecule has 1 aromatic carbocycles. The fourth-order valence-corrected chi connectivity index (χ4v) is 2.86. The first-order chi connectivity index (χ1) is 13.0. The number of rotatable bonds is 7. The summed E-state index contributed by atoms with van der Waals surface area (Å²) in [6, 6.07) is 11.8. The van der Waals surface area contributed by atoms with Gasteiger partial charge >= 0.3 is 0 Å². The molecule has 138 valence electrons. The van der Waals surface area contributed by atoms with Crippen LogP contribution >= 0.6 is 0 Å². The summed E-state index contributed by atoms with van der Waals surface area (Å²) in [5, 5.41) is 2.39. The van der Waals surface area contributed by atoms with E-state index in [9.17, 15) is 13.2 Å². The minimum atomic E-state index is -3.85. The van der Waals surface area contributed by atoms with E-state index in [2.05, 4.69) is 25.0 Å². The summed E-state index contributed by atoms with van der Waals surface area (Å²) < 4.78 is 32.3. The molecule has 2 N–H and O–H groups in total. The minimum Gasteiger partial charge on any atom is -0.439 e. The lowest BCUT2D eigenvalue weighted by Gasteiger charge is -2.09. The van der Waals surface area contributed by atoms with Crippen molar-refractivity contribution in [2.75, 3.05) is 6.67 Å². The van der Waals surface area contributed by atoms with Crippen molar-refractivity contribution in [3.63, 3.8) is 0 Å². The highest BCUT2D eigenvalue weighted by atomic mass is 32.2. The molecule has 0 fully saturated rings. The van der Waals surface area contributed by atoms with Crippen molar-refractivity contribution in [3.05, 3.63) is 72.9 Å². The standard InChI is InChI=1S/C17H15N5O4S/c23-17(15-11-18-8-9-19-15)21-12-22-27(24,25)14-6-7-16(20-10-14)26-13-4-2-1-3-5-13/h1-11,22H,12H2,(H,21,23). The molecule has 3 rings (SSSR count). The van der Waals surface area contributed by atoms with Gasteiger partial charge in [-0.15, -0.1) is 0 Å². The van der Waals surface area contributed by atoms with E-state index in [0.29, 0.717) is 5.75 Å². The van der Waals surface area contributed by atoms with Crippen LogP contribution in [0.4, 0.5) is 0 Å². The smallest absolute Gasteiger partial charge is 0.272 e. The van der Waals surface area contributed by atoms with Gasteiger partial charge in [-0.1, -0.05) is 18.2 Å². The van der Waals surface area contributed by atoms with Crippen LogP contribution in [-0.2, 0) is 10.0 Å². The number of aromatic nitrogens is 3. The van der Waals surface area contributed by atoms with Crippen LogP contribution in [0.3, 0.4) is 0 Å². The van der Waals surface area contributed by atoms with Crippen LogP contribution in [-0.4, -0.2) is 35.9 Å². The fourth-order valence-electron chi connectivity index (χ4n) is 2.00. The molecule has 0 aliphatic heterocycles. The second-order valence-electron chi connectivity index (χ2n) is 5.17. The Kier molecular flexibility index (Phi) is 5.69. The third-order valence-corrected chi connectivity index (χ3v) is 4.68. The monoisotopic (exact) mass is 385 g/mol. The van der Waals surface area contributed by atoms with E-state index >= 15 is 0 Å². The molecule has 1 amide bonds. The Bertz CT molecular complexity index is 997. The fraction of sp³-hybridized carbons (Fsp3) is 0.0588. The molecule has 0 radical (unpaired) electrons. The Morgan fingerprint density at radius 3 is 2.48 bits per heavy atom. The number of pyridine rings is 1. The van der Waals surface area contributed by atoms with Gasteiger partial charge in [0.05, 0.1) is 19.1 Å². The van der Waals surface area contributed by atoms with E-state index in [0.717, 1.165) is 0 Å². The summed E-state index contributed by atoms with van der Waals surface area (Å²) >= 11 is 0. The Hall–Kier alpha value is -3.37. The quantitative estimate of drug-likeness (QED) is 0.588. The maximum absolute atomic E-state index is 12.2. The molecule has 0 spiro atoms. The number of benzene rings is 1. The van der Waals surface area contributed by atoms with Crippen LogP contribution in [0.1, 0.15) is 10.5 Å². The van der Waals surface area contributed by atoms with Crippen LogP contribution in [0, 0.1) is 0 Å². The molecule has 3 aromatic rings. The first-order valence-electron chi connectivity index (χ1n) is 7.77. The van der Waals surface area contributed by atoms with Crippen LogP contribution in [0.25, 0.3) is 0 Å². The highest BCUT2D eigenvalue weighted by molar-refractivity contribution is 7.89. The maximum atomic E-state index is 12.2. The lowest BCUT2D eigenvalue weighted by molar-refractivity contribution is 0.0948. The molecule has 0 atom stereocenters. The number of ether oxygens (including phenoxy) is 1. The topological polar surface area (TPSA) is 123 Å². The molecular weight excluding hydrogens is 370 g/mol. The van der Waals surface area contributed by atoms with E-state index in [1.165, 1.54) is 36.9 Å². The number of amides is 1. The van der Waals surface area contributed by atoms with Crippen molar-refractivity contribution >= 4 is 15.9 Å². The highest BCUT2D eigenvalue weighted by Crippen LogP contribution is 2.19. The first kappa shape index (κ1) is 18.4. The Morgan fingerprint density at radius 2 is 1.81 bits per heavy atom. The van der Waals surface area contributed by atoms with Crippen LogP contribution < -0.4 is 14.8 Å². The number of hydrogen-bond donors (Lipinski definition) is 2. The van der Waals surface area contributed by atoms with Gasteiger partial charge < -0.3 is 10.1 Å². The van der Waals surface area contributed by atoms with Gasteiger partial charge in [0.25, 0.3) is 5.91 Å². The summed E-state index contributed by atoms with van der Waals surface area (Å²) in [5.41, 5.74) is 0.0841. The molecule has 0 unspecified atom stereocenters. The second-order valence-corrected chi connectivity index (χ2v) is 6.94. The lowest BCUT2D eigenvalue weighted by atomic mass is 10.3. The summed E-state index contributed by atoms with van der Waals surface area (Å²) in [5.74, 6) is 0.303. The van der Waals surface area contributed by atoms with Crippen molar-refractivity contribution in [2.24, 2.45) is 0 Å². The predicted molar refractivity (Wildman–Crippen MR) is 95.4 cm³/mol. The van der Waals surface area contributed by atoms with Gasteiger partial charge in [-0.05, 0) is 18.2 Å². The van der Waals surface area contributed by atoms with Gasteiger partial charge in [0.15, 0.2) is 0 Å². The first-order valence-corrected chi connectivity index (χ1v) is 9.26. The predicted octanol–water partition coefficient (Wildman–Crippen LogP) is 1.33. The zero-order valence-electron chi connectivity index (χ0n) is 13.9. The number of nitrogens with one attached hydrogen (secondary N) is 2. The van der Waals surface area contributed by atoms with Crippen LogP contribution in [0.5, 0.6) is 11.6 Å². The zero-order chi connectivity index (χ0) is 19.1. The van der Waals surface area contributed by atoms with Gasteiger partial charge in [-0.3, -0.25) is 9.78 Å². The summed E-state index contributed by atoms with van der Waals surface area (Å²) in [4.78, 5) is 23.3. The zero-order valence-corrected chi connectivity index (χ0v) is 14.8. The molecule has 0 aliphatic carbocycles. The summed E-state index contributed by atoms with van der Waals surface area (Å²) in [6.45, 7) is -0.306. The molecule has 0 saturated heterocycles. The highest BCUT2D eigenvalue weighted by Gasteiger charge is 2.15. The Morgan fingerprint density at radius 1 is 1.00 bits per heavy atom. The van der Waals surface area contributed by atoms with Crippen molar-refractivity contribution in [3.8, 4) is 11.6 Å². The van der Waals surface area contributed by atoms with Gasteiger partial charge in [0.2, 0.25) is 15.9 Å². The molecule has 9 nitrogen and oxygen atoms in total. The molecule has 0 bridgehead atoms. The van der Waals surface area contributed by atoms with Gasteiger partial charge in [-0.25, -0.2) is 18.4 Å². The average molecular weight is 385 g/mol. The van der Waals surface area contributed by atoms with E-state index in [1.54, 1.807) is 12.1 Å². The van der Waals surface area contributed by atoms with E-state index < -0.39 is 15.9 Å². The number of hydrogen-bond acceptors (Lipinski definition) is 7. The number of para-hydroxylation sites is 1. The number of carbonyl (C=O) groups is 1. The number of nitrogens with zero attached hydrogens (tertiary/aromatic N) is 3. The van der Waals surface area contributed by atoms with Gasteiger partial charge in [0, 0.05) is 18.5 Å². The third kappa shape index (κ3) is 5.06. The van der Waals surface area contributed by atoms with E-state index in [1.807, 2.05) is 18.2 Å². The minimum absolute atomic E-state index is 0.0586. The van der Waals surface area contributed by atoms with Crippen molar-refractivity contribution in [1.82, 2.24) is 25.0 Å². The molecule has 10 heteroatoms. The van der Waals surface area contributed by atoms with Crippen LogP contribution in [0.2, 0.25) is 0 Å². The largest absolute Gasteiger partial charge is 0.439 e. The van der Waals surface area contributed by atoms with E-state index in [4.69, 9.17) is 4.74 Å². The van der Waals surface area contributed by atoms with Crippen molar-refractivity contribution in [2.45, 2.75) is 4.90 Å². The van der Waals surface area contributed by atoms with Crippen molar-refractivity contribution < 1.29 is 17.9 Å². The SMILES string of the molecule is O=C(NCNS(=O)(=O)c1ccc(Oc2ccccc2)nc1)c1cnccn1. The third-order valence-electron chi connectivity index (χ3n) is 3.29. The Balaban J connectivity index is 1.57. The van der Waals surface area contributed by atoms with Gasteiger partial charge in [-0.2, -0.15) is 4.72 Å². The normalized spacial score (nSPS) is 11.0.